The minimum Gasteiger partial charge on any atom is -0.399 e. The number of nitrogen functional groups attached to an aromatic ring is 1. The van der Waals surface area contributed by atoms with Crippen LogP contribution in [0.3, 0.4) is 0 Å². The first kappa shape index (κ1) is 13.9. The minimum absolute atomic E-state index is 0.0441. The predicted molar refractivity (Wildman–Crippen MR) is 80.3 cm³/mol. The number of ether oxygens (including phenoxy) is 1. The van der Waals surface area contributed by atoms with E-state index in [1.54, 1.807) is 0 Å². The summed E-state index contributed by atoms with van der Waals surface area (Å²) >= 11 is 0. The highest BCUT2D eigenvalue weighted by Crippen LogP contribution is 2.44. The van der Waals surface area contributed by atoms with E-state index in [0.717, 1.165) is 43.5 Å². The second-order valence-electron chi connectivity index (χ2n) is 6.46. The molecule has 1 heterocycles. The number of aliphatic hydroxyl groups excluding tert-OH is 1. The first-order valence-electron chi connectivity index (χ1n) is 7.86. The van der Waals surface area contributed by atoms with Gasteiger partial charge in [-0.25, -0.2) is 0 Å². The van der Waals surface area contributed by atoms with Gasteiger partial charge in [0, 0.05) is 12.3 Å². The summed E-state index contributed by atoms with van der Waals surface area (Å²) in [7, 11) is 0. The van der Waals surface area contributed by atoms with E-state index in [1.807, 2.05) is 24.3 Å². The molecule has 2 atom stereocenters. The number of nitrogens with two attached hydrogens (primary N) is 1. The maximum absolute atomic E-state index is 10.7. The van der Waals surface area contributed by atoms with Crippen molar-refractivity contribution in [3.05, 3.63) is 29.8 Å². The number of anilines is 1. The molecule has 1 aromatic rings. The standard InChI is InChI=1S/C17H25NO2/c18-15-6-4-5-13(11-15)16(19)14-7-10-20-17(12-14)8-2-1-3-9-17/h4-6,11,14,16,19H,1-3,7-10,12,18H2. The van der Waals surface area contributed by atoms with Crippen LogP contribution in [-0.2, 0) is 4.74 Å². The zero-order valence-corrected chi connectivity index (χ0v) is 12.1. The van der Waals surface area contributed by atoms with E-state index < -0.39 is 6.10 Å². The van der Waals surface area contributed by atoms with Gasteiger partial charge in [0.25, 0.3) is 0 Å². The van der Waals surface area contributed by atoms with Crippen molar-refractivity contribution in [3.63, 3.8) is 0 Å². The van der Waals surface area contributed by atoms with Crippen LogP contribution in [-0.4, -0.2) is 17.3 Å². The van der Waals surface area contributed by atoms with Crippen molar-refractivity contribution >= 4 is 5.69 Å². The van der Waals surface area contributed by atoms with Crippen LogP contribution in [0.1, 0.15) is 56.6 Å². The Morgan fingerprint density at radius 1 is 1.25 bits per heavy atom. The van der Waals surface area contributed by atoms with E-state index in [-0.39, 0.29) is 5.60 Å². The van der Waals surface area contributed by atoms with Gasteiger partial charge >= 0.3 is 0 Å². The molecule has 2 unspecified atom stereocenters. The molecule has 20 heavy (non-hydrogen) atoms. The lowest BCUT2D eigenvalue weighted by Gasteiger charge is -2.44. The first-order chi connectivity index (χ1) is 9.69. The maximum Gasteiger partial charge on any atom is 0.0820 e. The van der Waals surface area contributed by atoms with Gasteiger partial charge in [-0.3, -0.25) is 0 Å². The third kappa shape index (κ3) is 2.84. The van der Waals surface area contributed by atoms with Gasteiger partial charge in [0.15, 0.2) is 0 Å². The second-order valence-corrected chi connectivity index (χ2v) is 6.46. The molecule has 0 bridgehead atoms. The van der Waals surface area contributed by atoms with Crippen LogP contribution in [0.2, 0.25) is 0 Å². The van der Waals surface area contributed by atoms with Crippen molar-refractivity contribution in [2.45, 2.75) is 56.7 Å². The fraction of sp³-hybridized carbons (Fsp3) is 0.647. The number of aliphatic hydroxyl groups is 1. The molecule has 2 fully saturated rings. The van der Waals surface area contributed by atoms with E-state index >= 15 is 0 Å². The summed E-state index contributed by atoms with van der Waals surface area (Å²) in [5, 5.41) is 10.7. The SMILES string of the molecule is Nc1cccc(C(O)C2CCOC3(CCCCC3)C2)c1. The number of hydrogen-bond donors (Lipinski definition) is 2. The van der Waals surface area contributed by atoms with Crippen LogP contribution in [0.4, 0.5) is 5.69 Å². The maximum atomic E-state index is 10.7. The molecule has 1 aliphatic heterocycles. The highest BCUT2D eigenvalue weighted by molar-refractivity contribution is 5.41. The summed E-state index contributed by atoms with van der Waals surface area (Å²) in [6.45, 7) is 0.782. The van der Waals surface area contributed by atoms with Crippen molar-refractivity contribution in [2.75, 3.05) is 12.3 Å². The quantitative estimate of drug-likeness (QED) is 0.813. The van der Waals surface area contributed by atoms with E-state index in [1.165, 1.54) is 19.3 Å². The summed E-state index contributed by atoms with van der Waals surface area (Å²) in [5.41, 5.74) is 7.54. The van der Waals surface area contributed by atoms with Crippen LogP contribution in [0, 0.1) is 5.92 Å². The summed E-state index contributed by atoms with van der Waals surface area (Å²) in [5.74, 6) is 0.295. The molecule has 1 saturated carbocycles. The number of hydrogen-bond acceptors (Lipinski definition) is 3. The molecule has 3 N–H and O–H groups in total. The van der Waals surface area contributed by atoms with E-state index in [0.29, 0.717) is 5.92 Å². The molecule has 0 amide bonds. The molecule has 0 radical (unpaired) electrons. The van der Waals surface area contributed by atoms with Gasteiger partial charge in [-0.2, -0.15) is 0 Å². The van der Waals surface area contributed by atoms with Crippen LogP contribution < -0.4 is 5.73 Å². The van der Waals surface area contributed by atoms with E-state index in [9.17, 15) is 5.11 Å². The molecule has 110 valence electrons. The molecule has 3 rings (SSSR count). The lowest BCUT2D eigenvalue weighted by Crippen LogP contribution is -2.42. The average Bonchev–Trinajstić information content (AvgIpc) is 2.47. The van der Waals surface area contributed by atoms with Crippen molar-refractivity contribution < 1.29 is 9.84 Å². The molecule has 0 aromatic heterocycles. The van der Waals surface area contributed by atoms with Gasteiger partial charge in [-0.1, -0.05) is 31.4 Å². The van der Waals surface area contributed by atoms with Crippen molar-refractivity contribution in [1.29, 1.82) is 0 Å². The summed E-state index contributed by atoms with van der Waals surface area (Å²) in [6, 6.07) is 7.66. The smallest absolute Gasteiger partial charge is 0.0820 e. The highest BCUT2D eigenvalue weighted by atomic mass is 16.5. The lowest BCUT2D eigenvalue weighted by atomic mass is 9.74. The fourth-order valence-corrected chi connectivity index (χ4v) is 3.89. The van der Waals surface area contributed by atoms with E-state index in [4.69, 9.17) is 10.5 Å². The monoisotopic (exact) mass is 275 g/mol. The summed E-state index contributed by atoms with van der Waals surface area (Å²) in [4.78, 5) is 0. The molecule has 1 aliphatic carbocycles. The Balaban J connectivity index is 1.73. The number of benzene rings is 1. The van der Waals surface area contributed by atoms with Gasteiger partial charge in [-0.05, 0) is 49.3 Å². The molecule has 1 spiro atoms. The Labute approximate surface area is 121 Å². The zero-order valence-electron chi connectivity index (χ0n) is 12.1. The Hall–Kier alpha value is -1.06. The van der Waals surface area contributed by atoms with Gasteiger partial charge in [0.2, 0.25) is 0 Å². The Kier molecular flexibility index (Phi) is 3.99. The van der Waals surface area contributed by atoms with Gasteiger partial charge in [-0.15, -0.1) is 0 Å². The average molecular weight is 275 g/mol. The number of rotatable bonds is 2. The third-order valence-corrected chi connectivity index (χ3v) is 4.99. The van der Waals surface area contributed by atoms with Crippen molar-refractivity contribution in [3.8, 4) is 0 Å². The summed E-state index contributed by atoms with van der Waals surface area (Å²) in [6.07, 6.45) is 7.69. The molecule has 3 heteroatoms. The molecular formula is C17H25NO2. The topological polar surface area (TPSA) is 55.5 Å². The van der Waals surface area contributed by atoms with Crippen LogP contribution in [0.15, 0.2) is 24.3 Å². The van der Waals surface area contributed by atoms with Crippen molar-refractivity contribution in [1.82, 2.24) is 0 Å². The van der Waals surface area contributed by atoms with Crippen LogP contribution >= 0.6 is 0 Å². The van der Waals surface area contributed by atoms with Gasteiger partial charge in [0.05, 0.1) is 11.7 Å². The van der Waals surface area contributed by atoms with Gasteiger partial charge in [0.1, 0.15) is 0 Å². The van der Waals surface area contributed by atoms with Crippen molar-refractivity contribution in [2.24, 2.45) is 5.92 Å². The van der Waals surface area contributed by atoms with E-state index in [2.05, 4.69) is 0 Å². The second kappa shape index (κ2) is 5.74. The zero-order chi connectivity index (χ0) is 14.0. The fourth-order valence-electron chi connectivity index (χ4n) is 3.89. The molecule has 1 saturated heterocycles. The van der Waals surface area contributed by atoms with Crippen LogP contribution in [0.5, 0.6) is 0 Å². The lowest BCUT2D eigenvalue weighted by molar-refractivity contribution is -0.134. The highest BCUT2D eigenvalue weighted by Gasteiger charge is 2.40. The largest absolute Gasteiger partial charge is 0.399 e. The predicted octanol–water partition coefficient (Wildman–Crippen LogP) is 3.43. The normalized spacial score (nSPS) is 27.4. The Bertz CT molecular complexity index is 449. The summed E-state index contributed by atoms with van der Waals surface area (Å²) < 4.78 is 6.11. The van der Waals surface area contributed by atoms with Gasteiger partial charge < -0.3 is 15.6 Å². The molecule has 2 aliphatic rings. The molecule has 1 aromatic carbocycles. The minimum atomic E-state index is -0.416. The Morgan fingerprint density at radius 3 is 2.80 bits per heavy atom. The Morgan fingerprint density at radius 2 is 2.05 bits per heavy atom. The molecule has 3 nitrogen and oxygen atoms in total. The third-order valence-electron chi connectivity index (χ3n) is 4.99. The molecular weight excluding hydrogens is 250 g/mol. The first-order valence-corrected chi connectivity index (χ1v) is 7.86. The van der Waals surface area contributed by atoms with Crippen LogP contribution in [0.25, 0.3) is 0 Å².